The van der Waals surface area contributed by atoms with Gasteiger partial charge < -0.3 is 9.88 Å². The Labute approximate surface area is 148 Å². The van der Waals surface area contributed by atoms with Gasteiger partial charge in [0.25, 0.3) is 0 Å². The van der Waals surface area contributed by atoms with Crippen LogP contribution in [0.15, 0.2) is 48.5 Å². The molecule has 0 bridgehead atoms. The second-order valence-electron chi connectivity index (χ2n) is 6.38. The second-order valence-corrected chi connectivity index (χ2v) is 6.38. The van der Waals surface area contributed by atoms with Gasteiger partial charge in [-0.25, -0.2) is 4.98 Å². The maximum atomic E-state index is 12.0. The van der Waals surface area contributed by atoms with E-state index in [1.807, 2.05) is 36.4 Å². The molecule has 2 aromatic carbocycles. The molecule has 0 fully saturated rings. The SMILES string of the molecule is CCCCC(=O)Nc1ccccc1CCc1nc2ccccc2n1C. The number of unbranched alkanes of at least 4 members (excludes halogenated alkanes) is 1. The van der Waals surface area contributed by atoms with Crippen molar-refractivity contribution >= 4 is 22.6 Å². The van der Waals surface area contributed by atoms with Crippen molar-refractivity contribution < 1.29 is 4.79 Å². The number of para-hydroxylation sites is 3. The molecule has 1 heterocycles. The highest BCUT2D eigenvalue weighted by Crippen LogP contribution is 2.20. The molecule has 1 amide bonds. The Kier molecular flexibility index (Phi) is 5.49. The van der Waals surface area contributed by atoms with E-state index in [4.69, 9.17) is 4.98 Å². The number of aryl methyl sites for hydroxylation is 3. The molecule has 3 aromatic rings. The van der Waals surface area contributed by atoms with Gasteiger partial charge in [-0.2, -0.15) is 0 Å². The van der Waals surface area contributed by atoms with Gasteiger partial charge in [-0.3, -0.25) is 4.79 Å². The summed E-state index contributed by atoms with van der Waals surface area (Å²) in [5, 5.41) is 3.06. The number of imidazole rings is 1. The van der Waals surface area contributed by atoms with Crippen LogP contribution in [0.5, 0.6) is 0 Å². The van der Waals surface area contributed by atoms with Gasteiger partial charge in [-0.15, -0.1) is 0 Å². The lowest BCUT2D eigenvalue weighted by Gasteiger charge is -2.11. The Morgan fingerprint density at radius 1 is 1.08 bits per heavy atom. The molecule has 1 N–H and O–H groups in total. The summed E-state index contributed by atoms with van der Waals surface area (Å²) in [7, 11) is 2.06. The summed E-state index contributed by atoms with van der Waals surface area (Å²) in [6, 6.07) is 16.2. The van der Waals surface area contributed by atoms with Crippen molar-refractivity contribution in [3.8, 4) is 0 Å². The van der Waals surface area contributed by atoms with Crippen LogP contribution >= 0.6 is 0 Å². The lowest BCUT2D eigenvalue weighted by molar-refractivity contribution is -0.116. The molecule has 4 nitrogen and oxygen atoms in total. The quantitative estimate of drug-likeness (QED) is 0.691. The van der Waals surface area contributed by atoms with Gasteiger partial charge in [0.2, 0.25) is 5.91 Å². The highest BCUT2D eigenvalue weighted by Gasteiger charge is 2.10. The maximum absolute atomic E-state index is 12.0. The van der Waals surface area contributed by atoms with Gasteiger partial charge in [-0.1, -0.05) is 43.7 Å². The van der Waals surface area contributed by atoms with Crippen molar-refractivity contribution in [3.05, 3.63) is 59.9 Å². The number of aromatic nitrogens is 2. The summed E-state index contributed by atoms with van der Waals surface area (Å²) in [4.78, 5) is 16.8. The molecule has 0 radical (unpaired) electrons. The predicted molar refractivity (Wildman–Crippen MR) is 103 cm³/mol. The van der Waals surface area contributed by atoms with E-state index < -0.39 is 0 Å². The Bertz CT molecular complexity index is 866. The topological polar surface area (TPSA) is 46.9 Å². The Hall–Kier alpha value is -2.62. The zero-order chi connectivity index (χ0) is 17.6. The molecule has 0 saturated carbocycles. The fraction of sp³-hybridized carbons (Fsp3) is 0.333. The number of hydrogen-bond acceptors (Lipinski definition) is 2. The largest absolute Gasteiger partial charge is 0.331 e. The van der Waals surface area contributed by atoms with Gasteiger partial charge in [0.15, 0.2) is 0 Å². The summed E-state index contributed by atoms with van der Waals surface area (Å²) in [6.07, 6.45) is 4.22. The number of carbonyl (C=O) groups is 1. The van der Waals surface area contributed by atoms with Crippen molar-refractivity contribution in [2.75, 3.05) is 5.32 Å². The van der Waals surface area contributed by atoms with E-state index in [0.29, 0.717) is 6.42 Å². The third kappa shape index (κ3) is 4.08. The first kappa shape index (κ1) is 17.2. The number of fused-ring (bicyclic) bond motifs is 1. The number of nitrogens with one attached hydrogen (secondary N) is 1. The van der Waals surface area contributed by atoms with Crippen LogP contribution in [0.2, 0.25) is 0 Å². The van der Waals surface area contributed by atoms with Crippen LogP contribution in [0, 0.1) is 0 Å². The maximum Gasteiger partial charge on any atom is 0.224 e. The van der Waals surface area contributed by atoms with Gasteiger partial charge >= 0.3 is 0 Å². The molecule has 0 aliphatic rings. The van der Waals surface area contributed by atoms with E-state index in [1.54, 1.807) is 0 Å². The summed E-state index contributed by atoms with van der Waals surface area (Å²) < 4.78 is 2.15. The molecule has 0 unspecified atom stereocenters. The van der Waals surface area contributed by atoms with Crippen LogP contribution in [0.1, 0.15) is 37.6 Å². The zero-order valence-corrected chi connectivity index (χ0v) is 15.0. The number of anilines is 1. The fourth-order valence-electron chi connectivity index (χ4n) is 3.08. The van der Waals surface area contributed by atoms with E-state index in [0.717, 1.165) is 53.8 Å². The van der Waals surface area contributed by atoms with Gasteiger partial charge in [0, 0.05) is 25.6 Å². The summed E-state index contributed by atoms with van der Waals surface area (Å²) in [6.45, 7) is 2.10. The van der Waals surface area contributed by atoms with Crippen LogP contribution in [-0.2, 0) is 24.7 Å². The standard InChI is InChI=1S/C21H25N3O/c1-3-4-13-21(25)23-17-10-6-5-9-16(17)14-15-20-22-18-11-7-8-12-19(18)24(20)2/h5-12H,3-4,13-15H2,1-2H3,(H,23,25). The number of benzene rings is 2. The zero-order valence-electron chi connectivity index (χ0n) is 15.0. The smallest absolute Gasteiger partial charge is 0.224 e. The average Bonchev–Trinajstić information content (AvgIpc) is 2.95. The number of amides is 1. The van der Waals surface area contributed by atoms with E-state index in [1.165, 1.54) is 0 Å². The summed E-state index contributed by atoms with van der Waals surface area (Å²) in [5.41, 5.74) is 4.25. The molecule has 0 atom stereocenters. The lowest BCUT2D eigenvalue weighted by atomic mass is 10.1. The highest BCUT2D eigenvalue weighted by atomic mass is 16.1. The van der Waals surface area contributed by atoms with Crippen molar-refractivity contribution in [1.29, 1.82) is 0 Å². The van der Waals surface area contributed by atoms with Crippen LogP contribution in [0.25, 0.3) is 11.0 Å². The summed E-state index contributed by atoms with van der Waals surface area (Å²) in [5.74, 6) is 1.16. The Morgan fingerprint density at radius 3 is 2.64 bits per heavy atom. The molecule has 0 aliphatic heterocycles. The minimum Gasteiger partial charge on any atom is -0.331 e. The van der Waals surface area contributed by atoms with Crippen molar-refractivity contribution in [3.63, 3.8) is 0 Å². The molecule has 0 aliphatic carbocycles. The van der Waals surface area contributed by atoms with Gasteiger partial charge in [0.1, 0.15) is 5.82 Å². The first-order valence-electron chi connectivity index (χ1n) is 8.97. The third-order valence-corrected chi connectivity index (χ3v) is 4.55. The van der Waals surface area contributed by atoms with Gasteiger partial charge in [0.05, 0.1) is 11.0 Å². The molecule has 0 spiro atoms. The minimum atomic E-state index is 0.0945. The molecule has 3 rings (SSSR count). The van der Waals surface area contributed by atoms with Crippen LogP contribution in [0.4, 0.5) is 5.69 Å². The first-order valence-corrected chi connectivity index (χ1v) is 8.97. The molecule has 0 saturated heterocycles. The molecule has 4 heteroatoms. The Morgan fingerprint density at radius 2 is 1.84 bits per heavy atom. The van der Waals surface area contributed by atoms with Crippen molar-refractivity contribution in [2.45, 2.75) is 39.0 Å². The van der Waals surface area contributed by atoms with E-state index in [9.17, 15) is 4.79 Å². The fourth-order valence-corrected chi connectivity index (χ4v) is 3.08. The van der Waals surface area contributed by atoms with Crippen LogP contribution < -0.4 is 5.32 Å². The summed E-state index contributed by atoms with van der Waals surface area (Å²) >= 11 is 0. The van der Waals surface area contributed by atoms with Crippen molar-refractivity contribution in [1.82, 2.24) is 9.55 Å². The minimum absolute atomic E-state index is 0.0945. The molecular formula is C21H25N3O. The predicted octanol–water partition coefficient (Wildman–Crippen LogP) is 4.49. The van der Waals surface area contributed by atoms with Crippen LogP contribution in [0.3, 0.4) is 0 Å². The normalized spacial score (nSPS) is 11.0. The third-order valence-electron chi connectivity index (χ3n) is 4.55. The van der Waals surface area contributed by atoms with E-state index in [-0.39, 0.29) is 5.91 Å². The molecule has 1 aromatic heterocycles. The van der Waals surface area contributed by atoms with Gasteiger partial charge in [-0.05, 0) is 36.6 Å². The Balaban J connectivity index is 1.72. The molecule has 130 valence electrons. The van der Waals surface area contributed by atoms with Crippen molar-refractivity contribution in [2.24, 2.45) is 7.05 Å². The second kappa shape index (κ2) is 7.97. The highest BCUT2D eigenvalue weighted by molar-refractivity contribution is 5.91. The van der Waals surface area contributed by atoms with E-state index in [2.05, 4.69) is 36.0 Å². The molecular weight excluding hydrogens is 310 g/mol. The number of carbonyl (C=O) groups excluding carboxylic acids is 1. The van der Waals surface area contributed by atoms with Crippen LogP contribution in [-0.4, -0.2) is 15.5 Å². The average molecular weight is 335 g/mol. The number of nitrogens with zero attached hydrogens (tertiary/aromatic N) is 2. The van der Waals surface area contributed by atoms with E-state index >= 15 is 0 Å². The number of rotatable bonds is 7. The monoisotopic (exact) mass is 335 g/mol. The lowest BCUT2D eigenvalue weighted by Crippen LogP contribution is -2.13. The first-order chi connectivity index (χ1) is 12.2. The molecule has 25 heavy (non-hydrogen) atoms. The number of hydrogen-bond donors (Lipinski definition) is 1.